The molecule has 4 nitrogen and oxygen atoms in total. The van der Waals surface area contributed by atoms with Gasteiger partial charge in [-0.2, -0.15) is 16.1 Å². The van der Waals surface area contributed by atoms with Gasteiger partial charge < -0.3 is 5.32 Å². The first kappa shape index (κ1) is 15.8. The van der Waals surface area contributed by atoms with Gasteiger partial charge in [-0.05, 0) is 24.7 Å². The normalized spacial score (nSPS) is 24.8. The van der Waals surface area contributed by atoms with Crippen molar-refractivity contribution in [2.45, 2.75) is 35.8 Å². The Kier molecular flexibility index (Phi) is 5.12. The van der Waals surface area contributed by atoms with Crippen LogP contribution in [0.15, 0.2) is 29.2 Å². The minimum atomic E-state index is -3.38. The first-order valence-corrected chi connectivity index (χ1v) is 9.21. The molecule has 2 rings (SSSR count). The largest absolute Gasteiger partial charge is 0.316 e. The lowest BCUT2D eigenvalue weighted by atomic mass is 10.2. The highest BCUT2D eigenvalue weighted by molar-refractivity contribution is 8.00. The molecule has 0 amide bonds. The number of sulfonamides is 1. The fourth-order valence-corrected chi connectivity index (χ4v) is 5.70. The molecular weight excluding hydrogens is 292 g/mol. The zero-order valence-electron chi connectivity index (χ0n) is 12.2. The standard InChI is InChI=1S/C14H22N2O2S2/c1-11-9-16(10-12(2)19-11)20(17,18)14-6-4-5-13(7-14)8-15-3/h4-7,11-12,15H,8-10H2,1-3H3. The van der Waals surface area contributed by atoms with Crippen LogP contribution in [0.4, 0.5) is 0 Å². The lowest BCUT2D eigenvalue weighted by Crippen LogP contribution is -2.43. The van der Waals surface area contributed by atoms with E-state index in [4.69, 9.17) is 0 Å². The number of nitrogens with one attached hydrogen (secondary N) is 1. The molecule has 6 heteroatoms. The van der Waals surface area contributed by atoms with Crippen molar-refractivity contribution in [3.05, 3.63) is 29.8 Å². The Labute approximate surface area is 126 Å². The highest BCUT2D eigenvalue weighted by Crippen LogP contribution is 2.29. The van der Waals surface area contributed by atoms with Crippen molar-refractivity contribution in [1.82, 2.24) is 9.62 Å². The lowest BCUT2D eigenvalue weighted by molar-refractivity contribution is 0.405. The molecule has 0 aromatic heterocycles. The Bertz CT molecular complexity index is 550. The summed E-state index contributed by atoms with van der Waals surface area (Å²) in [7, 11) is -1.52. The zero-order valence-corrected chi connectivity index (χ0v) is 13.8. The Morgan fingerprint density at radius 1 is 1.30 bits per heavy atom. The minimum absolute atomic E-state index is 0.342. The lowest BCUT2D eigenvalue weighted by Gasteiger charge is -2.33. The van der Waals surface area contributed by atoms with Crippen molar-refractivity contribution in [3.8, 4) is 0 Å². The minimum Gasteiger partial charge on any atom is -0.316 e. The number of thioether (sulfide) groups is 1. The van der Waals surface area contributed by atoms with Gasteiger partial charge in [0.15, 0.2) is 0 Å². The van der Waals surface area contributed by atoms with E-state index in [1.54, 1.807) is 16.4 Å². The maximum atomic E-state index is 12.7. The van der Waals surface area contributed by atoms with E-state index >= 15 is 0 Å². The summed E-state index contributed by atoms with van der Waals surface area (Å²) >= 11 is 1.85. The van der Waals surface area contributed by atoms with Crippen molar-refractivity contribution in [2.24, 2.45) is 0 Å². The van der Waals surface area contributed by atoms with Crippen molar-refractivity contribution in [3.63, 3.8) is 0 Å². The highest BCUT2D eigenvalue weighted by atomic mass is 32.2. The van der Waals surface area contributed by atoms with Gasteiger partial charge in [0, 0.05) is 30.1 Å². The van der Waals surface area contributed by atoms with E-state index < -0.39 is 10.0 Å². The van der Waals surface area contributed by atoms with Crippen LogP contribution in [0.5, 0.6) is 0 Å². The number of hydrogen-bond acceptors (Lipinski definition) is 4. The van der Waals surface area contributed by atoms with E-state index in [1.807, 2.05) is 30.9 Å². The van der Waals surface area contributed by atoms with E-state index in [9.17, 15) is 8.42 Å². The quantitative estimate of drug-likeness (QED) is 0.922. The summed E-state index contributed by atoms with van der Waals surface area (Å²) in [5, 5.41) is 3.73. The maximum Gasteiger partial charge on any atom is 0.243 e. The van der Waals surface area contributed by atoms with Gasteiger partial charge in [0.1, 0.15) is 0 Å². The number of benzene rings is 1. The van der Waals surface area contributed by atoms with Crippen LogP contribution in [0.3, 0.4) is 0 Å². The first-order chi connectivity index (χ1) is 9.43. The molecule has 1 fully saturated rings. The van der Waals surface area contributed by atoms with Gasteiger partial charge >= 0.3 is 0 Å². The van der Waals surface area contributed by atoms with Crippen LogP contribution in [-0.2, 0) is 16.6 Å². The predicted octanol–water partition coefficient (Wildman–Crippen LogP) is 1.92. The third kappa shape index (κ3) is 3.55. The third-order valence-corrected chi connectivity index (χ3v) is 6.36. The van der Waals surface area contributed by atoms with Crippen LogP contribution < -0.4 is 5.32 Å². The predicted molar refractivity (Wildman–Crippen MR) is 84.5 cm³/mol. The van der Waals surface area contributed by atoms with Crippen LogP contribution in [0.1, 0.15) is 19.4 Å². The van der Waals surface area contributed by atoms with Gasteiger partial charge in [-0.3, -0.25) is 0 Å². The van der Waals surface area contributed by atoms with Crippen LogP contribution in [-0.4, -0.2) is 43.4 Å². The molecular formula is C14H22N2O2S2. The second-order valence-corrected chi connectivity index (χ2v) is 9.08. The van der Waals surface area contributed by atoms with E-state index in [1.165, 1.54) is 0 Å². The molecule has 20 heavy (non-hydrogen) atoms. The van der Waals surface area contributed by atoms with Gasteiger partial charge in [-0.1, -0.05) is 26.0 Å². The molecule has 0 radical (unpaired) electrons. The van der Waals surface area contributed by atoms with Gasteiger partial charge in [-0.15, -0.1) is 0 Å². The number of rotatable bonds is 4. The van der Waals surface area contributed by atoms with E-state index in [0.29, 0.717) is 35.0 Å². The average Bonchev–Trinajstić information content (AvgIpc) is 2.38. The molecule has 2 atom stereocenters. The van der Waals surface area contributed by atoms with Gasteiger partial charge in [0.2, 0.25) is 10.0 Å². The fourth-order valence-electron chi connectivity index (χ4n) is 2.50. The number of hydrogen-bond donors (Lipinski definition) is 1. The molecule has 0 bridgehead atoms. The molecule has 0 spiro atoms. The van der Waals surface area contributed by atoms with Crippen LogP contribution in [0.25, 0.3) is 0 Å². The van der Waals surface area contributed by atoms with Crippen molar-refractivity contribution in [2.75, 3.05) is 20.1 Å². The van der Waals surface area contributed by atoms with Crippen molar-refractivity contribution >= 4 is 21.8 Å². The first-order valence-electron chi connectivity index (χ1n) is 6.82. The Morgan fingerprint density at radius 2 is 1.95 bits per heavy atom. The molecule has 1 heterocycles. The van der Waals surface area contributed by atoms with E-state index in [0.717, 1.165) is 5.56 Å². The molecule has 1 aromatic rings. The summed E-state index contributed by atoms with van der Waals surface area (Å²) in [6.45, 7) is 6.02. The highest BCUT2D eigenvalue weighted by Gasteiger charge is 2.31. The van der Waals surface area contributed by atoms with Gasteiger partial charge in [0.25, 0.3) is 0 Å². The van der Waals surface area contributed by atoms with Crippen LogP contribution >= 0.6 is 11.8 Å². The average molecular weight is 314 g/mol. The molecule has 1 aliphatic rings. The Morgan fingerprint density at radius 3 is 2.55 bits per heavy atom. The molecule has 1 aliphatic heterocycles. The van der Waals surface area contributed by atoms with Gasteiger partial charge in [-0.25, -0.2) is 8.42 Å². The second-order valence-electron chi connectivity index (χ2n) is 5.26. The molecule has 0 saturated carbocycles. The van der Waals surface area contributed by atoms with E-state index in [2.05, 4.69) is 19.2 Å². The Balaban J connectivity index is 2.27. The van der Waals surface area contributed by atoms with E-state index in [-0.39, 0.29) is 0 Å². The maximum absolute atomic E-state index is 12.7. The SMILES string of the molecule is CNCc1cccc(S(=O)(=O)N2CC(C)SC(C)C2)c1. The van der Waals surface area contributed by atoms with Crippen molar-refractivity contribution in [1.29, 1.82) is 0 Å². The molecule has 1 saturated heterocycles. The Hall–Kier alpha value is -0.560. The fraction of sp³-hybridized carbons (Fsp3) is 0.571. The molecule has 2 unspecified atom stereocenters. The smallest absolute Gasteiger partial charge is 0.243 e. The summed E-state index contributed by atoms with van der Waals surface area (Å²) in [5.74, 6) is 0. The summed E-state index contributed by atoms with van der Waals surface area (Å²) in [5.41, 5.74) is 0.987. The molecule has 1 aromatic carbocycles. The van der Waals surface area contributed by atoms with Crippen LogP contribution in [0.2, 0.25) is 0 Å². The van der Waals surface area contributed by atoms with Crippen molar-refractivity contribution < 1.29 is 8.42 Å². The molecule has 0 aliphatic carbocycles. The summed E-state index contributed by atoms with van der Waals surface area (Å²) < 4.78 is 27.1. The molecule has 1 N–H and O–H groups in total. The molecule has 112 valence electrons. The number of nitrogens with zero attached hydrogens (tertiary/aromatic N) is 1. The topological polar surface area (TPSA) is 49.4 Å². The second kappa shape index (κ2) is 6.47. The monoisotopic (exact) mass is 314 g/mol. The summed E-state index contributed by atoms with van der Waals surface area (Å²) in [6, 6.07) is 7.20. The van der Waals surface area contributed by atoms with Gasteiger partial charge in [0.05, 0.1) is 4.90 Å². The van der Waals surface area contributed by atoms with Crippen LogP contribution in [0, 0.1) is 0 Å². The third-order valence-electron chi connectivity index (χ3n) is 3.30. The summed E-state index contributed by atoms with van der Waals surface area (Å²) in [6.07, 6.45) is 0. The zero-order chi connectivity index (χ0) is 14.8. The summed E-state index contributed by atoms with van der Waals surface area (Å²) in [4.78, 5) is 0.400.